The van der Waals surface area contributed by atoms with Gasteiger partial charge in [0.05, 0.1) is 11.4 Å². The Morgan fingerprint density at radius 2 is 1.95 bits per heavy atom. The van der Waals surface area contributed by atoms with Gasteiger partial charge in [-0.05, 0) is 48.3 Å². The Labute approximate surface area is 117 Å². The van der Waals surface area contributed by atoms with Crippen LogP contribution in [0.5, 0.6) is 0 Å². The highest BCUT2D eigenvalue weighted by Crippen LogP contribution is 2.31. The number of fused-ring (bicyclic) bond motifs is 2. The molecule has 0 aliphatic carbocycles. The van der Waals surface area contributed by atoms with Gasteiger partial charge in [0.1, 0.15) is 0 Å². The maximum Gasteiger partial charge on any atom is 0.160 e. The molecule has 6 nitrogen and oxygen atoms in total. The predicted octanol–water partition coefficient (Wildman–Crippen LogP) is 1.48. The normalized spacial score (nSPS) is 24.0. The van der Waals surface area contributed by atoms with Crippen molar-refractivity contribution in [2.45, 2.75) is 25.3 Å². The van der Waals surface area contributed by atoms with Gasteiger partial charge in [0.15, 0.2) is 11.0 Å². The largest absolute Gasteiger partial charge is 0.397 e. The van der Waals surface area contributed by atoms with Crippen molar-refractivity contribution in [2.24, 2.45) is 0 Å². The summed E-state index contributed by atoms with van der Waals surface area (Å²) in [6, 6.07) is 4.62. The van der Waals surface area contributed by atoms with E-state index in [4.69, 9.17) is 10.4 Å². The molecule has 0 amide bonds. The Balaban J connectivity index is 1.71. The number of nitrogen functional groups attached to an aromatic ring is 1. The maximum atomic E-state index is 5.93. The first-order valence-electron chi connectivity index (χ1n) is 7.32. The third kappa shape index (κ3) is 1.83. The fraction of sp³-hybridized carbons (Fsp3) is 0.571. The van der Waals surface area contributed by atoms with Gasteiger partial charge in [-0.25, -0.2) is 4.63 Å². The maximum absolute atomic E-state index is 5.93. The summed E-state index contributed by atoms with van der Waals surface area (Å²) >= 11 is 0. The molecule has 2 fully saturated rings. The molecule has 0 saturated carbocycles. The molecule has 6 heteroatoms. The van der Waals surface area contributed by atoms with Gasteiger partial charge in [0.25, 0.3) is 0 Å². The number of hydrogen-bond donors (Lipinski definition) is 1. The van der Waals surface area contributed by atoms with E-state index in [1.165, 1.54) is 32.4 Å². The first kappa shape index (κ1) is 12.0. The first-order chi connectivity index (χ1) is 9.83. The lowest BCUT2D eigenvalue weighted by Gasteiger charge is -2.27. The van der Waals surface area contributed by atoms with Gasteiger partial charge in [-0.1, -0.05) is 0 Å². The van der Waals surface area contributed by atoms with E-state index in [-0.39, 0.29) is 0 Å². The summed E-state index contributed by atoms with van der Waals surface area (Å²) in [5.74, 6) is 0. The smallest absolute Gasteiger partial charge is 0.160 e. The standard InChI is InChI=1S/C14H19N5O/c15-11-4-5-12(14-13(11)16-20-17-14)19-8-2-7-18-6-1-3-10(18)9-19/h4-5,10H,1-3,6-9,15H2. The highest BCUT2D eigenvalue weighted by Gasteiger charge is 2.29. The van der Waals surface area contributed by atoms with Crippen molar-refractivity contribution in [2.75, 3.05) is 36.8 Å². The Hall–Kier alpha value is -1.82. The molecule has 106 valence electrons. The number of aromatic nitrogens is 2. The number of rotatable bonds is 1. The van der Waals surface area contributed by atoms with Gasteiger partial charge in [-0.15, -0.1) is 0 Å². The molecule has 1 atom stereocenters. The van der Waals surface area contributed by atoms with E-state index in [0.29, 0.717) is 17.2 Å². The molecule has 2 saturated heterocycles. The second kappa shape index (κ2) is 4.63. The molecule has 1 aromatic carbocycles. The van der Waals surface area contributed by atoms with E-state index in [9.17, 15) is 0 Å². The van der Waals surface area contributed by atoms with Crippen molar-refractivity contribution in [3.05, 3.63) is 12.1 Å². The van der Waals surface area contributed by atoms with Gasteiger partial charge >= 0.3 is 0 Å². The lowest BCUT2D eigenvalue weighted by Crippen LogP contribution is -2.36. The average Bonchev–Trinajstić information content (AvgIpc) is 3.05. The van der Waals surface area contributed by atoms with Crippen LogP contribution in [0.4, 0.5) is 11.4 Å². The summed E-state index contributed by atoms with van der Waals surface area (Å²) in [5, 5.41) is 7.96. The lowest BCUT2D eigenvalue weighted by atomic mass is 10.1. The molecule has 20 heavy (non-hydrogen) atoms. The van der Waals surface area contributed by atoms with E-state index in [0.717, 1.165) is 24.3 Å². The molecular weight excluding hydrogens is 254 g/mol. The summed E-state index contributed by atoms with van der Waals surface area (Å²) in [6.07, 6.45) is 3.81. The summed E-state index contributed by atoms with van der Waals surface area (Å²) in [5.41, 5.74) is 9.12. The third-order valence-electron chi connectivity index (χ3n) is 4.57. The van der Waals surface area contributed by atoms with Crippen molar-refractivity contribution >= 4 is 22.4 Å². The predicted molar refractivity (Wildman–Crippen MR) is 77.6 cm³/mol. The van der Waals surface area contributed by atoms with Gasteiger partial charge in [0.2, 0.25) is 0 Å². The fourth-order valence-corrected chi connectivity index (χ4v) is 3.55. The summed E-state index contributed by atoms with van der Waals surface area (Å²) in [7, 11) is 0. The zero-order valence-corrected chi connectivity index (χ0v) is 11.5. The molecule has 4 rings (SSSR count). The molecule has 0 bridgehead atoms. The van der Waals surface area contributed by atoms with Crippen molar-refractivity contribution in [3.8, 4) is 0 Å². The highest BCUT2D eigenvalue weighted by atomic mass is 16.6. The lowest BCUT2D eigenvalue weighted by molar-refractivity contribution is 0.273. The Kier molecular flexibility index (Phi) is 2.77. The van der Waals surface area contributed by atoms with Crippen LogP contribution in [0, 0.1) is 0 Å². The second-order valence-corrected chi connectivity index (χ2v) is 5.77. The Morgan fingerprint density at radius 1 is 1.10 bits per heavy atom. The van der Waals surface area contributed by atoms with Crippen LogP contribution < -0.4 is 10.6 Å². The summed E-state index contributed by atoms with van der Waals surface area (Å²) in [4.78, 5) is 5.04. The minimum absolute atomic E-state index is 0.627. The molecule has 2 aromatic rings. The van der Waals surface area contributed by atoms with E-state index in [1.807, 2.05) is 12.1 Å². The van der Waals surface area contributed by atoms with Gasteiger partial charge in [0, 0.05) is 25.7 Å². The topological polar surface area (TPSA) is 71.4 Å². The molecule has 2 aliphatic rings. The molecule has 0 spiro atoms. The van der Waals surface area contributed by atoms with Crippen LogP contribution in [0.2, 0.25) is 0 Å². The fourth-order valence-electron chi connectivity index (χ4n) is 3.55. The van der Waals surface area contributed by atoms with Crippen molar-refractivity contribution in [1.82, 2.24) is 15.2 Å². The molecule has 3 heterocycles. The summed E-state index contributed by atoms with van der Waals surface area (Å²) in [6.45, 7) is 4.57. The van der Waals surface area contributed by atoms with Gasteiger partial charge in [-0.2, -0.15) is 0 Å². The number of benzene rings is 1. The SMILES string of the molecule is Nc1ccc(N2CCCN3CCCC3C2)c2nonc12. The van der Waals surface area contributed by atoms with Crippen LogP contribution in [-0.4, -0.2) is 47.4 Å². The minimum Gasteiger partial charge on any atom is -0.397 e. The van der Waals surface area contributed by atoms with E-state index < -0.39 is 0 Å². The van der Waals surface area contributed by atoms with Crippen LogP contribution >= 0.6 is 0 Å². The van der Waals surface area contributed by atoms with Crippen LogP contribution in [0.1, 0.15) is 19.3 Å². The number of nitrogens with two attached hydrogens (primary N) is 1. The van der Waals surface area contributed by atoms with Crippen LogP contribution in [0.25, 0.3) is 11.0 Å². The number of hydrogen-bond acceptors (Lipinski definition) is 6. The Morgan fingerprint density at radius 3 is 2.90 bits per heavy atom. The van der Waals surface area contributed by atoms with E-state index >= 15 is 0 Å². The molecule has 1 unspecified atom stereocenters. The number of anilines is 2. The molecule has 0 radical (unpaired) electrons. The second-order valence-electron chi connectivity index (χ2n) is 5.77. The first-order valence-corrected chi connectivity index (χ1v) is 7.32. The molecular formula is C14H19N5O. The third-order valence-corrected chi connectivity index (χ3v) is 4.57. The molecule has 2 N–H and O–H groups in total. The minimum atomic E-state index is 0.627. The van der Waals surface area contributed by atoms with E-state index in [1.54, 1.807) is 0 Å². The highest BCUT2D eigenvalue weighted by molar-refractivity contribution is 5.95. The average molecular weight is 273 g/mol. The summed E-state index contributed by atoms with van der Waals surface area (Å²) < 4.78 is 4.88. The monoisotopic (exact) mass is 273 g/mol. The van der Waals surface area contributed by atoms with Crippen LogP contribution in [0.15, 0.2) is 16.8 Å². The zero-order valence-electron chi connectivity index (χ0n) is 11.5. The molecule has 1 aromatic heterocycles. The van der Waals surface area contributed by atoms with Crippen molar-refractivity contribution in [1.29, 1.82) is 0 Å². The van der Waals surface area contributed by atoms with Gasteiger partial charge in [-0.3, -0.25) is 4.90 Å². The quantitative estimate of drug-likeness (QED) is 0.794. The Bertz CT molecular complexity index is 625. The van der Waals surface area contributed by atoms with Crippen LogP contribution in [-0.2, 0) is 0 Å². The molecule has 2 aliphatic heterocycles. The van der Waals surface area contributed by atoms with Crippen LogP contribution in [0.3, 0.4) is 0 Å². The zero-order chi connectivity index (χ0) is 13.5. The van der Waals surface area contributed by atoms with Crippen molar-refractivity contribution in [3.63, 3.8) is 0 Å². The van der Waals surface area contributed by atoms with Gasteiger partial charge < -0.3 is 10.6 Å². The van der Waals surface area contributed by atoms with Crippen molar-refractivity contribution < 1.29 is 4.63 Å². The van der Waals surface area contributed by atoms with E-state index in [2.05, 4.69) is 20.1 Å². The number of nitrogens with zero attached hydrogens (tertiary/aromatic N) is 4.